The van der Waals surface area contributed by atoms with Crippen LogP contribution in [0.3, 0.4) is 0 Å². The van der Waals surface area contributed by atoms with Crippen molar-refractivity contribution in [3.05, 3.63) is 36.6 Å². The van der Waals surface area contributed by atoms with Gasteiger partial charge in [-0.3, -0.25) is 0 Å². The van der Waals surface area contributed by atoms with Gasteiger partial charge in [0, 0.05) is 0 Å². The lowest BCUT2D eigenvalue weighted by Crippen LogP contribution is -1.98. The largest absolute Gasteiger partial charge is 0.435 e. The molecule has 0 amide bonds. The highest BCUT2D eigenvalue weighted by atomic mass is 19.3. The third-order valence-electron chi connectivity index (χ3n) is 1.10. The predicted molar refractivity (Wildman–Crippen MR) is 40.2 cm³/mol. The van der Waals surface area contributed by atoms with E-state index in [4.69, 9.17) is 0 Å². The molecule has 11 heavy (non-hydrogen) atoms. The van der Waals surface area contributed by atoms with Crippen molar-refractivity contribution in [1.29, 1.82) is 0 Å². The first-order valence-electron chi connectivity index (χ1n) is 3.02. The molecular weight excluding hydrogens is 150 g/mol. The average molecular weight is 160 g/mol. The Morgan fingerprint density at radius 3 is 2.18 bits per heavy atom. The van der Waals surface area contributed by atoms with Crippen LogP contribution in [-0.2, 0) is 4.74 Å². The molecule has 1 nitrogen and oxygen atoms in total. The molecule has 0 unspecified atom stereocenters. The van der Waals surface area contributed by atoms with Crippen LogP contribution in [0.1, 0.15) is 6.92 Å². The van der Waals surface area contributed by atoms with Gasteiger partial charge in [-0.05, 0) is 18.6 Å². The van der Waals surface area contributed by atoms with Crippen molar-refractivity contribution in [2.24, 2.45) is 0 Å². The van der Waals surface area contributed by atoms with Gasteiger partial charge in [0.15, 0.2) is 0 Å². The van der Waals surface area contributed by atoms with E-state index in [0.717, 1.165) is 0 Å². The number of alkyl halides is 2. The molecule has 0 aromatic carbocycles. The van der Waals surface area contributed by atoms with Crippen molar-refractivity contribution in [1.82, 2.24) is 0 Å². The van der Waals surface area contributed by atoms with Gasteiger partial charge < -0.3 is 4.74 Å². The van der Waals surface area contributed by atoms with E-state index in [1.807, 2.05) is 0 Å². The second kappa shape index (κ2) is 4.66. The fourth-order valence-electron chi connectivity index (χ4n) is 0.499. The number of hydrogen-bond acceptors (Lipinski definition) is 1. The van der Waals surface area contributed by atoms with Gasteiger partial charge in [0.05, 0.1) is 0 Å². The summed E-state index contributed by atoms with van der Waals surface area (Å²) in [6.07, 6.45) is 2.66. The molecule has 0 radical (unpaired) electrons. The van der Waals surface area contributed by atoms with E-state index in [9.17, 15) is 8.78 Å². The minimum absolute atomic E-state index is 0.0648. The van der Waals surface area contributed by atoms with Crippen molar-refractivity contribution < 1.29 is 13.5 Å². The molecule has 0 rings (SSSR count). The van der Waals surface area contributed by atoms with Gasteiger partial charge in [-0.1, -0.05) is 19.2 Å². The van der Waals surface area contributed by atoms with Crippen LogP contribution in [0.15, 0.2) is 36.6 Å². The molecule has 0 aromatic rings. The maximum Gasteiger partial charge on any atom is 0.387 e. The Hall–Kier alpha value is -1.12. The third kappa shape index (κ3) is 3.55. The lowest BCUT2D eigenvalue weighted by molar-refractivity contribution is -0.0926. The maximum absolute atomic E-state index is 11.6. The van der Waals surface area contributed by atoms with Crippen LogP contribution in [-0.4, -0.2) is 6.61 Å². The average Bonchev–Trinajstić information content (AvgIpc) is 1.98. The summed E-state index contributed by atoms with van der Waals surface area (Å²) in [6.45, 7) is 5.54. The van der Waals surface area contributed by atoms with Crippen molar-refractivity contribution in [2.75, 3.05) is 0 Å². The molecule has 3 heteroatoms. The number of halogens is 2. The zero-order valence-corrected chi connectivity index (χ0v) is 6.31. The summed E-state index contributed by atoms with van der Waals surface area (Å²) in [6, 6.07) is 0. The molecule has 0 aliphatic carbocycles. The highest BCUT2D eigenvalue weighted by Gasteiger charge is 2.05. The van der Waals surface area contributed by atoms with Gasteiger partial charge >= 0.3 is 6.61 Å². The Balaban J connectivity index is 4.38. The van der Waals surface area contributed by atoms with E-state index in [0.29, 0.717) is 5.57 Å². The number of allylic oxidation sites excluding steroid dienone is 3. The fourth-order valence-corrected chi connectivity index (χ4v) is 0.499. The summed E-state index contributed by atoms with van der Waals surface area (Å²) in [5.74, 6) is 0.0648. The lowest BCUT2D eigenvalue weighted by Gasteiger charge is -2.06. The molecule has 0 heterocycles. The Morgan fingerprint density at radius 2 is 1.91 bits per heavy atom. The zero-order chi connectivity index (χ0) is 8.85. The van der Waals surface area contributed by atoms with Gasteiger partial charge in [0.1, 0.15) is 5.76 Å². The van der Waals surface area contributed by atoms with Crippen molar-refractivity contribution >= 4 is 0 Å². The van der Waals surface area contributed by atoms with Crippen LogP contribution < -0.4 is 0 Å². The zero-order valence-electron chi connectivity index (χ0n) is 6.31. The Kier molecular flexibility index (Phi) is 4.18. The summed E-state index contributed by atoms with van der Waals surface area (Å²) >= 11 is 0. The first-order valence-corrected chi connectivity index (χ1v) is 3.02. The molecule has 0 saturated carbocycles. The molecule has 0 fully saturated rings. The number of rotatable bonds is 4. The molecular formula is C8H10F2O. The van der Waals surface area contributed by atoms with Crippen LogP contribution in [0.4, 0.5) is 8.78 Å². The molecule has 0 bridgehead atoms. The van der Waals surface area contributed by atoms with E-state index >= 15 is 0 Å². The van der Waals surface area contributed by atoms with E-state index in [2.05, 4.69) is 17.9 Å². The minimum atomic E-state index is -2.81. The molecule has 0 atom stereocenters. The molecule has 0 N–H and O–H groups in total. The first-order chi connectivity index (χ1) is 5.11. The number of hydrogen-bond donors (Lipinski definition) is 0. The van der Waals surface area contributed by atoms with Crippen molar-refractivity contribution in [3.8, 4) is 0 Å². The summed E-state index contributed by atoms with van der Waals surface area (Å²) in [5, 5.41) is 0. The maximum atomic E-state index is 11.6. The lowest BCUT2D eigenvalue weighted by atomic mass is 10.2. The Morgan fingerprint density at radius 1 is 1.36 bits per heavy atom. The minimum Gasteiger partial charge on any atom is -0.435 e. The van der Waals surface area contributed by atoms with Crippen LogP contribution >= 0.6 is 0 Å². The highest BCUT2D eigenvalue weighted by Crippen LogP contribution is 2.11. The van der Waals surface area contributed by atoms with Crippen molar-refractivity contribution in [2.45, 2.75) is 13.5 Å². The fraction of sp³-hybridized carbons (Fsp3) is 0.250. The first kappa shape index (κ1) is 9.88. The summed E-state index contributed by atoms with van der Waals surface area (Å²) in [4.78, 5) is 0. The second-order valence-corrected chi connectivity index (χ2v) is 1.83. The number of ether oxygens (including phenoxy) is 1. The highest BCUT2D eigenvalue weighted by molar-refractivity contribution is 5.24. The summed E-state index contributed by atoms with van der Waals surface area (Å²) in [7, 11) is 0. The van der Waals surface area contributed by atoms with Gasteiger partial charge in [0.2, 0.25) is 0 Å². The molecule has 62 valence electrons. The Labute approximate surface area is 64.7 Å². The van der Waals surface area contributed by atoms with Crippen LogP contribution in [0.2, 0.25) is 0 Å². The predicted octanol–water partition coefficient (Wildman–Crippen LogP) is 2.87. The quantitative estimate of drug-likeness (QED) is 0.454. The van der Waals surface area contributed by atoms with Crippen molar-refractivity contribution in [3.63, 3.8) is 0 Å². The van der Waals surface area contributed by atoms with E-state index in [-0.39, 0.29) is 5.76 Å². The molecule has 0 aromatic heterocycles. The molecule has 0 aliphatic rings. The summed E-state index contributed by atoms with van der Waals surface area (Å²) in [5.41, 5.74) is 0.542. The van der Waals surface area contributed by atoms with E-state index in [1.54, 1.807) is 6.92 Å². The van der Waals surface area contributed by atoms with Crippen LogP contribution in [0.5, 0.6) is 0 Å². The molecule has 0 spiro atoms. The SMILES string of the molecule is C=C/C(C)=C(\C=C)OC(F)F. The topological polar surface area (TPSA) is 9.23 Å². The third-order valence-corrected chi connectivity index (χ3v) is 1.10. The monoisotopic (exact) mass is 160 g/mol. The van der Waals surface area contributed by atoms with E-state index < -0.39 is 6.61 Å². The summed E-state index contributed by atoms with van der Waals surface area (Å²) < 4.78 is 27.4. The van der Waals surface area contributed by atoms with Gasteiger partial charge in [-0.15, -0.1) is 0 Å². The van der Waals surface area contributed by atoms with Gasteiger partial charge in [-0.25, -0.2) is 0 Å². The molecule has 0 saturated heterocycles. The Bertz CT molecular complexity index is 183. The normalized spacial score (nSPS) is 12.4. The van der Waals surface area contributed by atoms with Crippen LogP contribution in [0, 0.1) is 0 Å². The van der Waals surface area contributed by atoms with Crippen LogP contribution in [0.25, 0.3) is 0 Å². The van der Waals surface area contributed by atoms with E-state index in [1.165, 1.54) is 12.2 Å². The standard InChI is InChI=1S/C8H10F2O/c1-4-6(3)7(5-2)11-8(9)10/h4-5,8H,1-2H2,3H3/b7-6+. The smallest absolute Gasteiger partial charge is 0.387 e. The van der Waals surface area contributed by atoms with Gasteiger partial charge in [0.25, 0.3) is 0 Å². The molecule has 0 aliphatic heterocycles. The van der Waals surface area contributed by atoms with Gasteiger partial charge in [-0.2, -0.15) is 8.78 Å². The second-order valence-electron chi connectivity index (χ2n) is 1.83.